The zero-order valence-electron chi connectivity index (χ0n) is 10.9. The predicted molar refractivity (Wildman–Crippen MR) is 77.0 cm³/mol. The van der Waals surface area contributed by atoms with E-state index in [1.807, 2.05) is 25.1 Å². The van der Waals surface area contributed by atoms with Crippen molar-refractivity contribution >= 4 is 16.8 Å². The van der Waals surface area contributed by atoms with E-state index < -0.39 is 5.76 Å². The van der Waals surface area contributed by atoms with Crippen molar-refractivity contribution in [1.82, 2.24) is 4.98 Å². The lowest BCUT2D eigenvalue weighted by Crippen LogP contribution is -2.06. The average molecular weight is 270 g/mol. The number of fused-ring (bicyclic) bond motifs is 1. The quantitative estimate of drug-likeness (QED) is 0.683. The lowest BCUT2D eigenvalue weighted by atomic mass is 10.1. The number of benzene rings is 2. The van der Waals surface area contributed by atoms with Crippen LogP contribution in [0.15, 0.2) is 51.7 Å². The highest BCUT2D eigenvalue weighted by Gasteiger charge is 2.07. The smallest absolute Gasteiger partial charge is 0.417 e. The Labute approximate surface area is 114 Å². The van der Waals surface area contributed by atoms with E-state index in [0.29, 0.717) is 11.1 Å². The summed E-state index contributed by atoms with van der Waals surface area (Å²) in [5.74, 6) is -0.219. The van der Waals surface area contributed by atoms with Gasteiger partial charge in [0.1, 0.15) is 5.75 Å². The Bertz CT molecular complexity index is 804. The maximum Gasteiger partial charge on any atom is 0.417 e. The van der Waals surface area contributed by atoms with Gasteiger partial charge < -0.3 is 14.8 Å². The van der Waals surface area contributed by atoms with Crippen molar-refractivity contribution < 1.29 is 9.52 Å². The molecule has 0 bridgehead atoms. The molecule has 102 valence electrons. The van der Waals surface area contributed by atoms with Crippen molar-refractivity contribution in [3.8, 4) is 5.75 Å². The van der Waals surface area contributed by atoms with E-state index in [2.05, 4.69) is 10.3 Å². The normalized spacial score (nSPS) is 12.4. The molecule has 1 atom stereocenters. The van der Waals surface area contributed by atoms with Gasteiger partial charge >= 0.3 is 5.76 Å². The lowest BCUT2D eigenvalue weighted by Gasteiger charge is -2.15. The maximum absolute atomic E-state index is 11.1. The third kappa shape index (κ3) is 2.38. The second-order valence-corrected chi connectivity index (χ2v) is 4.69. The van der Waals surface area contributed by atoms with Crippen LogP contribution in [0.1, 0.15) is 18.5 Å². The van der Waals surface area contributed by atoms with Crippen LogP contribution in [0.25, 0.3) is 11.1 Å². The van der Waals surface area contributed by atoms with E-state index in [-0.39, 0.29) is 11.8 Å². The maximum atomic E-state index is 11.1. The molecular weight excluding hydrogens is 256 g/mol. The Morgan fingerprint density at radius 1 is 1.25 bits per heavy atom. The zero-order chi connectivity index (χ0) is 14.1. The molecule has 5 heteroatoms. The Kier molecular flexibility index (Phi) is 2.95. The van der Waals surface area contributed by atoms with E-state index in [1.165, 1.54) is 0 Å². The lowest BCUT2D eigenvalue weighted by molar-refractivity contribution is 0.474. The van der Waals surface area contributed by atoms with E-state index in [1.54, 1.807) is 24.3 Å². The molecule has 3 rings (SSSR count). The zero-order valence-corrected chi connectivity index (χ0v) is 10.9. The van der Waals surface area contributed by atoms with Gasteiger partial charge in [-0.05, 0) is 42.8 Å². The molecule has 1 heterocycles. The molecule has 0 radical (unpaired) electrons. The number of H-pyrrole nitrogens is 1. The molecule has 5 nitrogen and oxygen atoms in total. The summed E-state index contributed by atoms with van der Waals surface area (Å²) < 4.78 is 4.96. The third-order valence-corrected chi connectivity index (χ3v) is 3.17. The number of hydrogen-bond acceptors (Lipinski definition) is 4. The number of aromatic nitrogens is 1. The molecular formula is C15H14N2O3. The molecule has 2 aromatic carbocycles. The fourth-order valence-electron chi connectivity index (χ4n) is 2.17. The van der Waals surface area contributed by atoms with Crippen molar-refractivity contribution in [1.29, 1.82) is 0 Å². The molecule has 0 aliphatic heterocycles. The van der Waals surface area contributed by atoms with Crippen LogP contribution in [0.5, 0.6) is 5.75 Å². The number of hydrogen-bond donors (Lipinski definition) is 3. The first-order valence-electron chi connectivity index (χ1n) is 6.30. The highest BCUT2D eigenvalue weighted by atomic mass is 16.4. The standard InChI is InChI=1S/C15H14N2O3/c1-9(10-3-2-4-12(18)7-10)16-11-5-6-14-13(8-11)17-15(19)20-14/h2-9,16,18H,1H3,(H,17,19). The van der Waals surface area contributed by atoms with Crippen LogP contribution in [0.3, 0.4) is 0 Å². The molecule has 0 saturated carbocycles. The summed E-state index contributed by atoms with van der Waals surface area (Å²) in [7, 11) is 0. The molecule has 3 N–H and O–H groups in total. The molecule has 0 spiro atoms. The number of rotatable bonds is 3. The first-order valence-corrected chi connectivity index (χ1v) is 6.30. The van der Waals surface area contributed by atoms with Crippen molar-refractivity contribution in [2.24, 2.45) is 0 Å². The van der Waals surface area contributed by atoms with Crippen LogP contribution < -0.4 is 11.1 Å². The van der Waals surface area contributed by atoms with Crippen LogP contribution in [0.4, 0.5) is 5.69 Å². The molecule has 3 aromatic rings. The largest absolute Gasteiger partial charge is 0.508 e. The first kappa shape index (κ1) is 12.3. The Morgan fingerprint density at radius 2 is 2.10 bits per heavy atom. The van der Waals surface area contributed by atoms with Gasteiger partial charge in [0.05, 0.1) is 5.52 Å². The van der Waals surface area contributed by atoms with Crippen molar-refractivity contribution in [3.63, 3.8) is 0 Å². The van der Waals surface area contributed by atoms with Crippen LogP contribution in [0.2, 0.25) is 0 Å². The van der Waals surface area contributed by atoms with E-state index >= 15 is 0 Å². The van der Waals surface area contributed by atoms with Crippen LogP contribution in [0, 0.1) is 0 Å². The number of phenolic OH excluding ortho intramolecular Hbond substituents is 1. The van der Waals surface area contributed by atoms with Crippen molar-refractivity contribution in [3.05, 3.63) is 58.6 Å². The molecule has 1 aromatic heterocycles. The molecule has 20 heavy (non-hydrogen) atoms. The van der Waals surface area contributed by atoms with E-state index in [0.717, 1.165) is 11.3 Å². The topological polar surface area (TPSA) is 78.3 Å². The summed E-state index contributed by atoms with van der Waals surface area (Å²) in [4.78, 5) is 13.7. The van der Waals surface area contributed by atoms with Crippen molar-refractivity contribution in [2.75, 3.05) is 5.32 Å². The van der Waals surface area contributed by atoms with Gasteiger partial charge in [-0.2, -0.15) is 0 Å². The predicted octanol–water partition coefficient (Wildman–Crippen LogP) is 3.00. The second kappa shape index (κ2) is 4.77. The second-order valence-electron chi connectivity index (χ2n) is 4.69. The minimum Gasteiger partial charge on any atom is -0.508 e. The fraction of sp³-hybridized carbons (Fsp3) is 0.133. The van der Waals surface area contributed by atoms with Gasteiger partial charge in [-0.25, -0.2) is 4.79 Å². The van der Waals surface area contributed by atoms with E-state index in [9.17, 15) is 9.90 Å². The first-order chi connectivity index (χ1) is 9.61. The number of nitrogens with one attached hydrogen (secondary N) is 2. The molecule has 1 unspecified atom stereocenters. The molecule has 0 amide bonds. The van der Waals surface area contributed by atoms with E-state index in [4.69, 9.17) is 4.42 Å². The number of phenols is 1. The molecule has 0 aliphatic carbocycles. The summed E-state index contributed by atoms with van der Waals surface area (Å²) >= 11 is 0. The van der Waals surface area contributed by atoms with Gasteiger partial charge in [-0.15, -0.1) is 0 Å². The summed E-state index contributed by atoms with van der Waals surface area (Å²) in [5.41, 5.74) is 3.03. The minimum atomic E-state index is -0.460. The number of oxazole rings is 1. The van der Waals surface area contributed by atoms with Gasteiger partial charge in [-0.1, -0.05) is 12.1 Å². The van der Waals surface area contributed by atoms with Gasteiger partial charge in [0.15, 0.2) is 5.58 Å². The number of aromatic amines is 1. The van der Waals surface area contributed by atoms with Crippen molar-refractivity contribution in [2.45, 2.75) is 13.0 Å². The summed E-state index contributed by atoms with van der Waals surface area (Å²) in [5, 5.41) is 12.8. The summed E-state index contributed by atoms with van der Waals surface area (Å²) in [6, 6.07) is 12.5. The monoisotopic (exact) mass is 270 g/mol. The van der Waals surface area contributed by atoms with Gasteiger partial charge in [0, 0.05) is 11.7 Å². The summed E-state index contributed by atoms with van der Waals surface area (Å²) in [6.45, 7) is 2.00. The van der Waals surface area contributed by atoms with Crippen LogP contribution in [-0.2, 0) is 0 Å². The SMILES string of the molecule is CC(Nc1ccc2oc(=O)[nH]c2c1)c1cccc(O)c1. The third-order valence-electron chi connectivity index (χ3n) is 3.17. The van der Waals surface area contributed by atoms with Gasteiger partial charge in [0.25, 0.3) is 0 Å². The fourth-order valence-corrected chi connectivity index (χ4v) is 2.17. The minimum absolute atomic E-state index is 0.0261. The highest BCUT2D eigenvalue weighted by molar-refractivity contribution is 5.76. The Balaban J connectivity index is 1.86. The Hall–Kier alpha value is -2.69. The molecule has 0 saturated heterocycles. The number of aromatic hydroxyl groups is 1. The average Bonchev–Trinajstić information content (AvgIpc) is 2.78. The molecule has 0 aliphatic rings. The number of anilines is 1. The summed E-state index contributed by atoms with van der Waals surface area (Å²) in [6.07, 6.45) is 0. The Morgan fingerprint density at radius 3 is 2.90 bits per heavy atom. The highest BCUT2D eigenvalue weighted by Crippen LogP contribution is 2.23. The van der Waals surface area contributed by atoms with Gasteiger partial charge in [-0.3, -0.25) is 4.98 Å². The van der Waals surface area contributed by atoms with Crippen LogP contribution in [-0.4, -0.2) is 10.1 Å². The van der Waals surface area contributed by atoms with Crippen LogP contribution >= 0.6 is 0 Å². The molecule has 0 fully saturated rings. The van der Waals surface area contributed by atoms with Gasteiger partial charge in [0.2, 0.25) is 0 Å².